The summed E-state index contributed by atoms with van der Waals surface area (Å²) in [4.78, 5) is 14.3. The van der Waals surface area contributed by atoms with Crippen molar-refractivity contribution in [2.24, 2.45) is 0 Å². The van der Waals surface area contributed by atoms with Crippen molar-refractivity contribution in [3.63, 3.8) is 0 Å². The summed E-state index contributed by atoms with van der Waals surface area (Å²) in [7, 11) is 0. The van der Waals surface area contributed by atoms with Crippen LogP contribution in [0.5, 0.6) is 5.75 Å². The highest BCUT2D eigenvalue weighted by atomic mass is 35.5. The van der Waals surface area contributed by atoms with Gasteiger partial charge in [0, 0.05) is 23.5 Å². The summed E-state index contributed by atoms with van der Waals surface area (Å²) >= 11 is 11.9. The summed E-state index contributed by atoms with van der Waals surface area (Å²) in [6, 6.07) is 4.76. The number of carbonyl (C=O) groups excluding carboxylic acids is 1. The highest BCUT2D eigenvalue weighted by Gasteiger charge is 2.30. The molecule has 3 nitrogen and oxygen atoms in total. The molecule has 1 N–H and O–H groups in total. The molecule has 1 heterocycles. The smallest absolute Gasteiger partial charge is 0.254 e. The number of hydrogen-bond donors (Lipinski definition) is 1. The minimum Gasteiger partial charge on any atom is -0.506 e. The van der Waals surface area contributed by atoms with Gasteiger partial charge in [-0.25, -0.2) is 0 Å². The van der Waals surface area contributed by atoms with Crippen molar-refractivity contribution in [2.75, 3.05) is 6.54 Å². The summed E-state index contributed by atoms with van der Waals surface area (Å²) in [6.45, 7) is 2.70. The van der Waals surface area contributed by atoms with E-state index in [0.29, 0.717) is 5.56 Å². The number of alkyl halides is 1. The summed E-state index contributed by atoms with van der Waals surface area (Å²) < 4.78 is 0. The van der Waals surface area contributed by atoms with Gasteiger partial charge in [0.25, 0.3) is 5.91 Å². The Morgan fingerprint density at radius 3 is 2.95 bits per heavy atom. The Morgan fingerprint density at radius 1 is 1.58 bits per heavy atom. The third kappa shape index (κ3) is 3.34. The first-order valence-electron chi connectivity index (χ1n) is 6.42. The van der Waals surface area contributed by atoms with Gasteiger partial charge in [-0.2, -0.15) is 0 Å². The van der Waals surface area contributed by atoms with Crippen molar-refractivity contribution in [2.45, 2.75) is 37.6 Å². The largest absolute Gasteiger partial charge is 0.506 e. The van der Waals surface area contributed by atoms with Crippen LogP contribution in [-0.2, 0) is 0 Å². The van der Waals surface area contributed by atoms with E-state index in [-0.39, 0.29) is 28.1 Å². The lowest BCUT2D eigenvalue weighted by atomic mass is 10.1. The van der Waals surface area contributed by atoms with Gasteiger partial charge in [0.15, 0.2) is 0 Å². The fraction of sp³-hybridized carbons (Fsp3) is 0.500. The average Bonchev–Trinajstić information content (AvgIpc) is 2.79. The summed E-state index contributed by atoms with van der Waals surface area (Å²) in [5, 5.41) is 9.65. The van der Waals surface area contributed by atoms with Crippen LogP contribution in [0.1, 0.15) is 36.5 Å². The van der Waals surface area contributed by atoms with E-state index >= 15 is 0 Å². The maximum Gasteiger partial charge on any atom is 0.254 e. The first-order chi connectivity index (χ1) is 8.99. The molecule has 1 aromatic rings. The number of likely N-dealkylation sites (tertiary alicyclic amines) is 1. The third-order valence-electron chi connectivity index (χ3n) is 3.43. The number of nitrogens with zero attached hydrogens (tertiary/aromatic N) is 1. The molecule has 1 amide bonds. The molecular formula is C14H17Cl2NO2. The van der Waals surface area contributed by atoms with Gasteiger partial charge >= 0.3 is 0 Å². The van der Waals surface area contributed by atoms with Crippen LogP contribution >= 0.6 is 23.2 Å². The van der Waals surface area contributed by atoms with Crippen molar-refractivity contribution < 1.29 is 9.90 Å². The first-order valence-corrected chi connectivity index (χ1v) is 7.24. The predicted octanol–water partition coefficient (Wildman–Crippen LogP) is 3.67. The summed E-state index contributed by atoms with van der Waals surface area (Å²) in [5.74, 6) is -0.0488. The topological polar surface area (TPSA) is 40.5 Å². The van der Waals surface area contributed by atoms with Crippen LogP contribution in [0.25, 0.3) is 0 Å². The SMILES string of the molecule is CC(Cl)CC1CCCN1C(=O)c1ccc(O)c(Cl)c1. The predicted molar refractivity (Wildman–Crippen MR) is 77.1 cm³/mol. The van der Waals surface area contributed by atoms with Crippen molar-refractivity contribution in [1.29, 1.82) is 0 Å². The van der Waals surface area contributed by atoms with Gasteiger partial charge in [-0.1, -0.05) is 11.6 Å². The molecule has 1 fully saturated rings. The minimum atomic E-state index is -0.0401. The van der Waals surface area contributed by atoms with E-state index < -0.39 is 0 Å². The number of hydrogen-bond acceptors (Lipinski definition) is 2. The molecule has 1 aliphatic rings. The molecule has 1 aliphatic heterocycles. The van der Waals surface area contributed by atoms with Crippen molar-refractivity contribution >= 4 is 29.1 Å². The highest BCUT2D eigenvalue weighted by Crippen LogP contribution is 2.28. The van der Waals surface area contributed by atoms with Crippen LogP contribution in [0.15, 0.2) is 18.2 Å². The molecule has 2 unspecified atom stereocenters. The second-order valence-corrected chi connectivity index (χ2v) is 6.13. The molecule has 1 saturated heterocycles. The van der Waals surface area contributed by atoms with Crippen LogP contribution in [-0.4, -0.2) is 33.9 Å². The molecule has 0 bridgehead atoms. The van der Waals surface area contributed by atoms with E-state index in [1.165, 1.54) is 12.1 Å². The van der Waals surface area contributed by atoms with Crippen LogP contribution in [0.3, 0.4) is 0 Å². The molecule has 0 spiro atoms. The molecule has 2 atom stereocenters. The second-order valence-electron chi connectivity index (χ2n) is 4.98. The Balaban J connectivity index is 2.16. The van der Waals surface area contributed by atoms with Crippen LogP contribution < -0.4 is 0 Å². The lowest BCUT2D eigenvalue weighted by molar-refractivity contribution is 0.0731. The summed E-state index contributed by atoms with van der Waals surface area (Å²) in [5.41, 5.74) is 0.511. The average molecular weight is 302 g/mol. The zero-order valence-corrected chi connectivity index (χ0v) is 12.3. The first kappa shape index (κ1) is 14.5. The van der Waals surface area contributed by atoms with Gasteiger partial charge in [0.05, 0.1) is 5.02 Å². The fourth-order valence-electron chi connectivity index (χ4n) is 2.53. The highest BCUT2D eigenvalue weighted by molar-refractivity contribution is 6.32. The molecular weight excluding hydrogens is 285 g/mol. The van der Waals surface area contributed by atoms with E-state index in [1.807, 2.05) is 11.8 Å². The molecule has 104 valence electrons. The van der Waals surface area contributed by atoms with Crippen molar-refractivity contribution in [3.05, 3.63) is 28.8 Å². The van der Waals surface area contributed by atoms with E-state index in [2.05, 4.69) is 0 Å². The number of rotatable bonds is 3. The molecule has 0 saturated carbocycles. The van der Waals surface area contributed by atoms with Gasteiger partial charge in [-0.05, 0) is 44.4 Å². The number of halogens is 2. The Kier molecular flexibility index (Phi) is 4.58. The molecule has 0 aromatic heterocycles. The number of benzene rings is 1. The van der Waals surface area contributed by atoms with Gasteiger partial charge in [-0.15, -0.1) is 11.6 Å². The summed E-state index contributed by atoms with van der Waals surface area (Å²) in [6.07, 6.45) is 2.81. The molecule has 19 heavy (non-hydrogen) atoms. The number of phenolic OH excluding ortho intramolecular Hbond substituents is 1. The number of aromatic hydroxyl groups is 1. The molecule has 2 rings (SSSR count). The second kappa shape index (κ2) is 6.02. The van der Waals surface area contributed by atoms with Crippen molar-refractivity contribution in [1.82, 2.24) is 4.90 Å². The minimum absolute atomic E-state index is 0.00873. The van der Waals surface area contributed by atoms with Crippen LogP contribution in [0.2, 0.25) is 5.02 Å². The molecule has 5 heteroatoms. The van der Waals surface area contributed by atoms with Gasteiger partial charge in [-0.3, -0.25) is 4.79 Å². The van der Waals surface area contributed by atoms with E-state index in [9.17, 15) is 9.90 Å². The van der Waals surface area contributed by atoms with Crippen LogP contribution in [0.4, 0.5) is 0 Å². The van der Waals surface area contributed by atoms with Gasteiger partial charge in [0.1, 0.15) is 5.75 Å². The lowest BCUT2D eigenvalue weighted by Gasteiger charge is -2.25. The molecule has 1 aromatic carbocycles. The standard InChI is InChI=1S/C14H17Cl2NO2/c1-9(15)7-11-3-2-6-17(11)14(19)10-4-5-13(18)12(16)8-10/h4-5,8-9,11,18H,2-3,6-7H2,1H3. The van der Waals surface area contributed by atoms with E-state index in [0.717, 1.165) is 25.8 Å². The normalized spacial score (nSPS) is 20.6. The van der Waals surface area contributed by atoms with Gasteiger partial charge < -0.3 is 10.0 Å². The quantitative estimate of drug-likeness (QED) is 0.866. The van der Waals surface area contributed by atoms with Gasteiger partial charge in [0.2, 0.25) is 0 Å². The molecule has 0 aliphatic carbocycles. The van der Waals surface area contributed by atoms with Crippen molar-refractivity contribution in [3.8, 4) is 5.75 Å². The number of amides is 1. The molecule has 0 radical (unpaired) electrons. The zero-order valence-electron chi connectivity index (χ0n) is 10.8. The van der Waals surface area contributed by atoms with E-state index in [1.54, 1.807) is 6.07 Å². The Labute approximate surface area is 123 Å². The monoisotopic (exact) mass is 301 g/mol. The number of carbonyl (C=O) groups is 1. The number of phenols is 1. The van der Waals surface area contributed by atoms with E-state index in [4.69, 9.17) is 23.2 Å². The Morgan fingerprint density at radius 2 is 2.32 bits per heavy atom. The van der Waals surface area contributed by atoms with Crippen LogP contribution in [0, 0.1) is 0 Å². The Hall–Kier alpha value is -0.930. The lowest BCUT2D eigenvalue weighted by Crippen LogP contribution is -2.36. The third-order valence-corrected chi connectivity index (χ3v) is 3.91. The fourth-order valence-corrected chi connectivity index (χ4v) is 2.92. The zero-order chi connectivity index (χ0) is 14.0. The maximum absolute atomic E-state index is 12.4. The maximum atomic E-state index is 12.4. The Bertz CT molecular complexity index is 477.